The van der Waals surface area contributed by atoms with Gasteiger partial charge in [-0.1, -0.05) is 19.1 Å². The van der Waals surface area contributed by atoms with Crippen molar-refractivity contribution in [1.82, 2.24) is 5.32 Å². The van der Waals surface area contributed by atoms with Crippen LogP contribution in [0.3, 0.4) is 0 Å². The Hall–Kier alpha value is -1.91. The van der Waals surface area contributed by atoms with Crippen molar-refractivity contribution >= 4 is 11.9 Å². The lowest BCUT2D eigenvalue weighted by atomic mass is 10.0. The maximum Gasteiger partial charge on any atom is 0.305 e. The van der Waals surface area contributed by atoms with Crippen molar-refractivity contribution in [1.29, 1.82) is 0 Å². The Balaban J connectivity index is 2.09. The first kappa shape index (κ1) is 13.5. The second kappa shape index (κ2) is 5.38. The van der Waals surface area contributed by atoms with E-state index in [1.165, 1.54) is 24.3 Å². The molecule has 1 aliphatic carbocycles. The van der Waals surface area contributed by atoms with Crippen LogP contribution in [0.2, 0.25) is 0 Å². The first-order valence-corrected chi connectivity index (χ1v) is 6.25. The minimum atomic E-state index is -1.00. The maximum atomic E-state index is 12.9. The van der Waals surface area contributed by atoms with Gasteiger partial charge in [-0.05, 0) is 30.0 Å². The molecule has 1 aliphatic rings. The van der Waals surface area contributed by atoms with E-state index in [0.717, 1.165) is 6.42 Å². The first-order chi connectivity index (χ1) is 8.97. The second-order valence-electron chi connectivity index (χ2n) is 5.03. The first-order valence-electron chi connectivity index (χ1n) is 6.25. The molecule has 3 atom stereocenters. The summed E-state index contributed by atoms with van der Waals surface area (Å²) in [4.78, 5) is 22.7. The highest BCUT2D eigenvalue weighted by molar-refractivity contribution is 5.82. The molecule has 0 radical (unpaired) electrons. The summed E-state index contributed by atoms with van der Waals surface area (Å²) in [5.74, 6) is -1.17. The van der Waals surface area contributed by atoms with E-state index in [4.69, 9.17) is 5.11 Å². The summed E-state index contributed by atoms with van der Waals surface area (Å²) < 4.78 is 12.9. The highest BCUT2D eigenvalue weighted by Gasteiger charge is 2.39. The van der Waals surface area contributed by atoms with Crippen LogP contribution in [0.5, 0.6) is 0 Å². The van der Waals surface area contributed by atoms with Crippen LogP contribution in [0, 0.1) is 17.7 Å². The molecule has 0 aliphatic heterocycles. The van der Waals surface area contributed by atoms with Gasteiger partial charge in [0.1, 0.15) is 5.82 Å². The number of hydrogen-bond donors (Lipinski definition) is 2. The minimum Gasteiger partial charge on any atom is -0.481 e. The van der Waals surface area contributed by atoms with Gasteiger partial charge in [-0.15, -0.1) is 0 Å². The molecule has 1 aromatic rings. The average molecular weight is 265 g/mol. The molecule has 1 amide bonds. The normalized spacial score (nSPS) is 22.6. The van der Waals surface area contributed by atoms with Crippen molar-refractivity contribution in [2.24, 2.45) is 11.8 Å². The number of halogens is 1. The van der Waals surface area contributed by atoms with Crippen LogP contribution in [-0.2, 0) is 9.59 Å². The summed E-state index contributed by atoms with van der Waals surface area (Å²) in [5.41, 5.74) is 0.602. The summed E-state index contributed by atoms with van der Waals surface area (Å²) in [7, 11) is 0. The number of carbonyl (C=O) groups excluding carboxylic acids is 1. The van der Waals surface area contributed by atoms with Gasteiger partial charge in [0.25, 0.3) is 0 Å². The van der Waals surface area contributed by atoms with Crippen molar-refractivity contribution in [3.8, 4) is 0 Å². The lowest BCUT2D eigenvalue weighted by Crippen LogP contribution is -2.31. The molecule has 4 nitrogen and oxygen atoms in total. The van der Waals surface area contributed by atoms with Crippen LogP contribution >= 0.6 is 0 Å². The van der Waals surface area contributed by atoms with Gasteiger partial charge in [-0.2, -0.15) is 0 Å². The molecule has 19 heavy (non-hydrogen) atoms. The number of carbonyl (C=O) groups is 2. The van der Waals surface area contributed by atoms with Crippen molar-refractivity contribution in [2.45, 2.75) is 25.8 Å². The Bertz CT molecular complexity index is 486. The Labute approximate surface area is 110 Å². The van der Waals surface area contributed by atoms with Gasteiger partial charge in [0.15, 0.2) is 0 Å². The number of carboxylic acids is 1. The van der Waals surface area contributed by atoms with Gasteiger partial charge in [-0.3, -0.25) is 9.59 Å². The zero-order chi connectivity index (χ0) is 14.0. The minimum absolute atomic E-state index is 0.0169. The Morgan fingerprint density at radius 2 is 2.00 bits per heavy atom. The molecule has 0 saturated heterocycles. The van der Waals surface area contributed by atoms with Crippen LogP contribution in [-0.4, -0.2) is 17.0 Å². The van der Waals surface area contributed by atoms with Gasteiger partial charge in [-0.25, -0.2) is 4.39 Å². The van der Waals surface area contributed by atoms with Crippen LogP contribution in [0.25, 0.3) is 0 Å². The van der Waals surface area contributed by atoms with Gasteiger partial charge in [0.2, 0.25) is 5.91 Å². The summed E-state index contributed by atoms with van der Waals surface area (Å²) in [5, 5.41) is 11.6. The molecule has 5 heteroatoms. The van der Waals surface area contributed by atoms with Crippen molar-refractivity contribution in [2.75, 3.05) is 0 Å². The molecule has 2 rings (SSSR count). The standard InChI is InChI=1S/C14H16FNO3/c1-8-6-11(8)14(19)16-12(7-13(17)18)9-2-4-10(15)5-3-9/h2-5,8,11-12H,6-7H2,1H3,(H,16,19)(H,17,18)/t8-,11-,12+/m1/s1. The molecule has 0 unspecified atom stereocenters. The number of amides is 1. The van der Waals surface area contributed by atoms with Crippen LogP contribution in [0.15, 0.2) is 24.3 Å². The van der Waals surface area contributed by atoms with E-state index >= 15 is 0 Å². The van der Waals surface area contributed by atoms with Crippen molar-refractivity contribution < 1.29 is 19.1 Å². The summed E-state index contributed by atoms with van der Waals surface area (Å²) in [6, 6.07) is 4.91. The molecule has 102 valence electrons. The quantitative estimate of drug-likeness (QED) is 0.857. The predicted molar refractivity (Wildman–Crippen MR) is 66.8 cm³/mol. The highest BCUT2D eigenvalue weighted by Crippen LogP contribution is 2.38. The predicted octanol–water partition coefficient (Wildman–Crippen LogP) is 2.11. The molecule has 0 aromatic heterocycles. The number of hydrogen-bond acceptors (Lipinski definition) is 2. The Morgan fingerprint density at radius 3 is 2.47 bits per heavy atom. The molecule has 0 bridgehead atoms. The second-order valence-corrected chi connectivity index (χ2v) is 5.03. The van der Waals surface area contributed by atoms with E-state index in [1.807, 2.05) is 6.92 Å². The molecule has 1 fully saturated rings. The molecular formula is C14H16FNO3. The largest absolute Gasteiger partial charge is 0.481 e. The Kier molecular flexibility index (Phi) is 3.83. The van der Waals surface area contributed by atoms with E-state index < -0.39 is 12.0 Å². The SMILES string of the molecule is C[C@@H]1C[C@H]1C(=O)N[C@@H](CC(=O)O)c1ccc(F)cc1. The summed E-state index contributed by atoms with van der Waals surface area (Å²) in [6.07, 6.45) is 0.632. The summed E-state index contributed by atoms with van der Waals surface area (Å²) >= 11 is 0. The highest BCUT2D eigenvalue weighted by atomic mass is 19.1. The van der Waals surface area contributed by atoms with Crippen LogP contribution < -0.4 is 5.32 Å². The molecule has 2 N–H and O–H groups in total. The number of nitrogens with one attached hydrogen (secondary N) is 1. The van der Waals surface area contributed by atoms with E-state index in [-0.39, 0.29) is 24.1 Å². The van der Waals surface area contributed by atoms with Crippen molar-refractivity contribution in [3.05, 3.63) is 35.6 Å². The van der Waals surface area contributed by atoms with Gasteiger partial charge in [0.05, 0.1) is 12.5 Å². The van der Waals surface area contributed by atoms with Crippen LogP contribution in [0.1, 0.15) is 31.4 Å². The fourth-order valence-corrected chi connectivity index (χ4v) is 2.09. The number of aliphatic carboxylic acids is 1. The fraction of sp³-hybridized carbons (Fsp3) is 0.429. The molecular weight excluding hydrogens is 249 g/mol. The van der Waals surface area contributed by atoms with Crippen molar-refractivity contribution in [3.63, 3.8) is 0 Å². The van der Waals surface area contributed by atoms with Gasteiger partial charge in [0, 0.05) is 5.92 Å². The molecule has 1 saturated carbocycles. The van der Waals surface area contributed by atoms with Gasteiger partial charge >= 0.3 is 5.97 Å². The third-order valence-electron chi connectivity index (χ3n) is 3.41. The summed E-state index contributed by atoms with van der Waals surface area (Å²) in [6.45, 7) is 1.98. The topological polar surface area (TPSA) is 66.4 Å². The Morgan fingerprint density at radius 1 is 1.42 bits per heavy atom. The zero-order valence-electron chi connectivity index (χ0n) is 10.6. The maximum absolute atomic E-state index is 12.9. The molecule has 1 aromatic carbocycles. The zero-order valence-corrected chi connectivity index (χ0v) is 10.6. The monoisotopic (exact) mass is 265 g/mol. The van der Waals surface area contributed by atoms with E-state index in [0.29, 0.717) is 11.5 Å². The number of carboxylic acid groups (broad SMARTS) is 1. The third-order valence-corrected chi connectivity index (χ3v) is 3.41. The van der Waals surface area contributed by atoms with E-state index in [1.54, 1.807) is 0 Å². The molecule has 0 spiro atoms. The van der Waals surface area contributed by atoms with E-state index in [2.05, 4.69) is 5.32 Å². The lowest BCUT2D eigenvalue weighted by Gasteiger charge is -2.17. The fourth-order valence-electron chi connectivity index (χ4n) is 2.09. The lowest BCUT2D eigenvalue weighted by molar-refractivity contribution is -0.137. The van der Waals surface area contributed by atoms with E-state index in [9.17, 15) is 14.0 Å². The average Bonchev–Trinajstić information content (AvgIpc) is 3.06. The van der Waals surface area contributed by atoms with Gasteiger partial charge < -0.3 is 10.4 Å². The number of rotatable bonds is 5. The molecule has 0 heterocycles. The number of benzene rings is 1. The van der Waals surface area contributed by atoms with Crippen LogP contribution in [0.4, 0.5) is 4.39 Å². The smallest absolute Gasteiger partial charge is 0.305 e. The third kappa shape index (κ3) is 3.53.